The van der Waals surface area contributed by atoms with Gasteiger partial charge in [-0.05, 0) is 47.7 Å². The highest BCUT2D eigenvalue weighted by Gasteiger charge is 2.30. The molecule has 1 saturated heterocycles. The van der Waals surface area contributed by atoms with Crippen LogP contribution in [0.5, 0.6) is 0 Å². The van der Waals surface area contributed by atoms with E-state index in [0.717, 1.165) is 10.2 Å². The lowest BCUT2D eigenvalue weighted by atomic mass is 10.0. The summed E-state index contributed by atoms with van der Waals surface area (Å²) in [6.07, 6.45) is 0.717. The van der Waals surface area contributed by atoms with Crippen LogP contribution in [0.25, 0.3) is 0 Å². The van der Waals surface area contributed by atoms with Gasteiger partial charge in [-0.3, -0.25) is 4.79 Å². The second kappa shape index (κ2) is 7.53. The van der Waals surface area contributed by atoms with Gasteiger partial charge in [0, 0.05) is 4.47 Å². The van der Waals surface area contributed by atoms with E-state index in [1.165, 1.54) is 22.9 Å². The van der Waals surface area contributed by atoms with Gasteiger partial charge in [-0.2, -0.15) is 0 Å². The maximum absolute atomic E-state index is 12.2. The summed E-state index contributed by atoms with van der Waals surface area (Å²) in [6.45, 7) is 4.36. The van der Waals surface area contributed by atoms with Crippen molar-refractivity contribution in [2.75, 3.05) is 0 Å². The third kappa shape index (κ3) is 4.28. The molecule has 3 rings (SSSR count). The number of nitrogens with one attached hydrogen (secondary N) is 1. The zero-order chi connectivity index (χ0) is 17.1. The van der Waals surface area contributed by atoms with Gasteiger partial charge in [0.2, 0.25) is 5.91 Å². The predicted octanol–water partition coefficient (Wildman–Crippen LogP) is 5.03. The van der Waals surface area contributed by atoms with Crippen molar-refractivity contribution in [3.05, 3.63) is 64.1 Å². The van der Waals surface area contributed by atoms with Crippen molar-refractivity contribution >= 4 is 44.5 Å². The summed E-state index contributed by atoms with van der Waals surface area (Å²) in [6, 6.07) is 16.2. The van der Waals surface area contributed by atoms with Crippen molar-refractivity contribution < 1.29 is 4.79 Å². The molecule has 0 saturated carbocycles. The summed E-state index contributed by atoms with van der Waals surface area (Å²) in [5, 5.41) is 3.43. The number of benzene rings is 2. The maximum atomic E-state index is 12.2. The first-order valence-electron chi connectivity index (χ1n) is 7.92. The second-order valence-corrected chi connectivity index (χ2v) is 8.20. The molecule has 0 radical (unpaired) electrons. The fourth-order valence-electron chi connectivity index (χ4n) is 2.48. The van der Waals surface area contributed by atoms with E-state index in [0.29, 0.717) is 17.5 Å². The summed E-state index contributed by atoms with van der Waals surface area (Å²) in [7, 11) is 0. The minimum Gasteiger partial charge on any atom is -0.304 e. The molecule has 2 aromatic rings. The summed E-state index contributed by atoms with van der Waals surface area (Å²) in [5.41, 5.74) is 3.33. The van der Waals surface area contributed by atoms with Crippen molar-refractivity contribution in [2.24, 2.45) is 4.99 Å². The van der Waals surface area contributed by atoms with Crippen molar-refractivity contribution in [3.8, 4) is 0 Å². The van der Waals surface area contributed by atoms with Crippen molar-refractivity contribution in [1.82, 2.24) is 5.32 Å². The van der Waals surface area contributed by atoms with Crippen molar-refractivity contribution in [3.63, 3.8) is 0 Å². The third-order valence-electron chi connectivity index (χ3n) is 3.90. The summed E-state index contributed by atoms with van der Waals surface area (Å²) in [4.78, 5) is 16.7. The Morgan fingerprint density at radius 1 is 1.12 bits per heavy atom. The van der Waals surface area contributed by atoms with E-state index in [4.69, 9.17) is 0 Å². The molecule has 5 heteroatoms. The van der Waals surface area contributed by atoms with E-state index in [2.05, 4.69) is 64.4 Å². The third-order valence-corrected chi connectivity index (χ3v) is 5.51. The van der Waals surface area contributed by atoms with E-state index < -0.39 is 0 Å². The first-order valence-corrected chi connectivity index (χ1v) is 9.59. The van der Waals surface area contributed by atoms with Crippen molar-refractivity contribution in [1.29, 1.82) is 0 Å². The van der Waals surface area contributed by atoms with Crippen LogP contribution in [0.2, 0.25) is 0 Å². The quantitative estimate of drug-likeness (QED) is 0.778. The van der Waals surface area contributed by atoms with Gasteiger partial charge in [-0.1, -0.05) is 65.8 Å². The highest BCUT2D eigenvalue weighted by Crippen LogP contribution is 2.27. The van der Waals surface area contributed by atoms with Gasteiger partial charge in [0.1, 0.15) is 0 Å². The molecule has 1 amide bonds. The van der Waals surface area contributed by atoms with Gasteiger partial charge in [0.15, 0.2) is 5.17 Å². The molecular formula is C19H19BrN2OS. The van der Waals surface area contributed by atoms with Crippen LogP contribution in [0.15, 0.2) is 58.0 Å². The molecule has 0 bridgehead atoms. The van der Waals surface area contributed by atoms with Crippen LogP contribution >= 0.6 is 27.7 Å². The fraction of sp³-hybridized carbons (Fsp3) is 0.263. The molecule has 1 atom stereocenters. The molecule has 1 aliphatic heterocycles. The first kappa shape index (κ1) is 17.2. The summed E-state index contributed by atoms with van der Waals surface area (Å²) < 4.78 is 1.01. The number of nitrogens with zero attached hydrogens (tertiary/aromatic N) is 1. The van der Waals surface area contributed by atoms with Crippen LogP contribution in [0.3, 0.4) is 0 Å². The van der Waals surface area contributed by atoms with Crippen LogP contribution in [-0.4, -0.2) is 16.3 Å². The Hall–Kier alpha value is -1.59. The van der Waals surface area contributed by atoms with E-state index in [9.17, 15) is 4.79 Å². The van der Waals surface area contributed by atoms with E-state index in [1.807, 2.05) is 24.3 Å². The van der Waals surface area contributed by atoms with Gasteiger partial charge in [-0.15, -0.1) is 0 Å². The number of hydrogen-bond acceptors (Lipinski definition) is 3. The molecule has 0 aromatic heterocycles. The number of hydrogen-bond donors (Lipinski definition) is 1. The van der Waals surface area contributed by atoms with Crippen LogP contribution in [0.4, 0.5) is 5.69 Å². The lowest BCUT2D eigenvalue weighted by Crippen LogP contribution is -2.25. The largest absolute Gasteiger partial charge is 0.304 e. The maximum Gasteiger partial charge on any atom is 0.239 e. The van der Waals surface area contributed by atoms with E-state index in [-0.39, 0.29) is 11.2 Å². The van der Waals surface area contributed by atoms with Crippen LogP contribution in [0.1, 0.15) is 30.9 Å². The Bertz CT molecular complexity index is 754. The minimum absolute atomic E-state index is 0.0313. The zero-order valence-electron chi connectivity index (χ0n) is 13.6. The van der Waals surface area contributed by atoms with Gasteiger partial charge >= 0.3 is 0 Å². The molecular weight excluding hydrogens is 384 g/mol. The molecule has 0 aliphatic carbocycles. The Labute approximate surface area is 155 Å². The average molecular weight is 403 g/mol. The molecule has 3 nitrogen and oxygen atoms in total. The predicted molar refractivity (Wildman–Crippen MR) is 105 cm³/mol. The Balaban J connectivity index is 1.67. The summed E-state index contributed by atoms with van der Waals surface area (Å²) in [5.74, 6) is 0.552. The zero-order valence-corrected chi connectivity index (χ0v) is 16.0. The number of carbonyl (C=O) groups is 1. The van der Waals surface area contributed by atoms with Gasteiger partial charge in [-0.25, -0.2) is 4.99 Å². The number of rotatable bonds is 4. The summed E-state index contributed by atoms with van der Waals surface area (Å²) >= 11 is 4.91. The minimum atomic E-state index is -0.121. The molecule has 1 fully saturated rings. The Morgan fingerprint density at radius 3 is 2.42 bits per heavy atom. The lowest BCUT2D eigenvalue weighted by Gasteiger charge is -2.08. The number of carbonyl (C=O) groups excluding carboxylic acids is 1. The van der Waals surface area contributed by atoms with E-state index in [1.54, 1.807) is 0 Å². The highest BCUT2D eigenvalue weighted by atomic mass is 79.9. The van der Waals surface area contributed by atoms with Crippen LogP contribution in [-0.2, 0) is 11.2 Å². The second-order valence-electron chi connectivity index (χ2n) is 6.09. The smallest absolute Gasteiger partial charge is 0.239 e. The Kier molecular flexibility index (Phi) is 5.41. The van der Waals surface area contributed by atoms with Gasteiger partial charge in [0.25, 0.3) is 0 Å². The number of halogens is 1. The SMILES string of the molecule is CC(C)c1ccc(CC2SC(=Nc3ccc(Br)cc3)NC2=O)cc1. The average Bonchev–Trinajstić information content (AvgIpc) is 2.89. The number of thioether (sulfide) groups is 1. The van der Waals surface area contributed by atoms with Gasteiger partial charge < -0.3 is 5.32 Å². The molecule has 1 N–H and O–H groups in total. The molecule has 24 heavy (non-hydrogen) atoms. The molecule has 0 spiro atoms. The fourth-order valence-corrected chi connectivity index (χ4v) is 3.77. The number of aliphatic imine (C=N–C) groups is 1. The van der Waals surface area contributed by atoms with Gasteiger partial charge in [0.05, 0.1) is 10.9 Å². The number of amidine groups is 1. The molecule has 1 aliphatic rings. The van der Waals surface area contributed by atoms with Crippen LogP contribution in [0, 0.1) is 0 Å². The molecule has 1 unspecified atom stereocenters. The molecule has 124 valence electrons. The standard InChI is InChI=1S/C19H19BrN2OS/c1-12(2)14-5-3-13(4-6-14)11-17-18(23)22-19(24-17)21-16-9-7-15(20)8-10-16/h3-10,12,17H,11H2,1-2H3,(H,21,22,23). The first-order chi connectivity index (χ1) is 11.5. The van der Waals surface area contributed by atoms with E-state index >= 15 is 0 Å². The lowest BCUT2D eigenvalue weighted by molar-refractivity contribution is -0.118. The number of amides is 1. The van der Waals surface area contributed by atoms with Crippen LogP contribution < -0.4 is 5.32 Å². The molecule has 2 aromatic carbocycles. The molecule has 1 heterocycles. The Morgan fingerprint density at radius 2 is 1.79 bits per heavy atom. The highest BCUT2D eigenvalue weighted by molar-refractivity contribution is 9.10. The van der Waals surface area contributed by atoms with Crippen molar-refractivity contribution in [2.45, 2.75) is 31.4 Å². The normalized spacial score (nSPS) is 19.1. The monoisotopic (exact) mass is 402 g/mol. The topological polar surface area (TPSA) is 41.5 Å².